The topological polar surface area (TPSA) is 105 Å². The number of rotatable bonds is 6. The fourth-order valence-electron chi connectivity index (χ4n) is 2.15. The number of hydrogen-bond donors (Lipinski definition) is 2. The normalized spacial score (nSPS) is 14.2. The Labute approximate surface area is 151 Å². The van der Waals surface area contributed by atoms with E-state index in [2.05, 4.69) is 10.3 Å². The van der Waals surface area contributed by atoms with E-state index in [0.717, 1.165) is 25.1 Å². The lowest BCUT2D eigenvalue weighted by atomic mass is 10.1. The van der Waals surface area contributed by atoms with Gasteiger partial charge in [0, 0.05) is 30.1 Å². The van der Waals surface area contributed by atoms with Gasteiger partial charge in [-0.2, -0.15) is 0 Å². The Kier molecular flexibility index (Phi) is 5.13. The zero-order valence-corrected chi connectivity index (χ0v) is 14.6. The standard InChI is InChI=1S/C18H17N3O4S/c22-17(21-26(24,25)16-2-1-11-19-12-16)10-5-13-3-6-14(7-4-13)18(23)20-15-8-9-15/h1-7,10-12,15H,8-9H2,(H,20,23)(H,21,22)/b10-5+. The van der Waals surface area contributed by atoms with Gasteiger partial charge in [-0.05, 0) is 48.7 Å². The highest BCUT2D eigenvalue weighted by molar-refractivity contribution is 7.90. The quantitative estimate of drug-likeness (QED) is 0.749. The smallest absolute Gasteiger partial charge is 0.265 e. The van der Waals surface area contributed by atoms with E-state index in [4.69, 9.17) is 0 Å². The lowest BCUT2D eigenvalue weighted by Crippen LogP contribution is -2.29. The van der Waals surface area contributed by atoms with Crippen LogP contribution in [0.15, 0.2) is 59.8 Å². The molecule has 7 nitrogen and oxygen atoms in total. The number of pyridine rings is 1. The summed E-state index contributed by atoms with van der Waals surface area (Å²) < 4.78 is 26.0. The number of sulfonamides is 1. The van der Waals surface area contributed by atoms with Crippen LogP contribution in [0.2, 0.25) is 0 Å². The van der Waals surface area contributed by atoms with E-state index in [9.17, 15) is 18.0 Å². The summed E-state index contributed by atoms with van der Waals surface area (Å²) in [5.41, 5.74) is 1.21. The second-order valence-corrected chi connectivity index (χ2v) is 7.54. The van der Waals surface area contributed by atoms with Gasteiger partial charge in [-0.25, -0.2) is 13.1 Å². The maximum atomic E-state index is 12.0. The van der Waals surface area contributed by atoms with Crippen LogP contribution in [0.3, 0.4) is 0 Å². The number of aromatic nitrogens is 1. The zero-order chi connectivity index (χ0) is 18.6. The average molecular weight is 371 g/mol. The van der Waals surface area contributed by atoms with Gasteiger partial charge in [-0.1, -0.05) is 12.1 Å². The molecule has 0 unspecified atom stereocenters. The van der Waals surface area contributed by atoms with Gasteiger partial charge in [0.1, 0.15) is 4.90 Å². The van der Waals surface area contributed by atoms with Gasteiger partial charge in [0.05, 0.1) is 0 Å². The minimum atomic E-state index is -3.95. The van der Waals surface area contributed by atoms with Crippen LogP contribution in [0.1, 0.15) is 28.8 Å². The van der Waals surface area contributed by atoms with Crippen molar-refractivity contribution in [2.24, 2.45) is 0 Å². The summed E-state index contributed by atoms with van der Waals surface area (Å²) in [7, 11) is -3.95. The molecule has 0 saturated heterocycles. The molecule has 0 atom stereocenters. The van der Waals surface area contributed by atoms with Crippen molar-refractivity contribution in [3.8, 4) is 0 Å². The predicted molar refractivity (Wildman–Crippen MR) is 95.5 cm³/mol. The maximum absolute atomic E-state index is 12.0. The van der Waals surface area contributed by atoms with Crippen LogP contribution in [0.5, 0.6) is 0 Å². The van der Waals surface area contributed by atoms with Gasteiger partial charge in [0.2, 0.25) is 0 Å². The molecule has 0 bridgehead atoms. The van der Waals surface area contributed by atoms with Crippen molar-refractivity contribution < 1.29 is 18.0 Å². The molecule has 2 N–H and O–H groups in total. The summed E-state index contributed by atoms with van der Waals surface area (Å²) in [6.07, 6.45) is 7.22. The van der Waals surface area contributed by atoms with Crippen LogP contribution in [-0.2, 0) is 14.8 Å². The van der Waals surface area contributed by atoms with Crippen LogP contribution < -0.4 is 10.0 Å². The fourth-order valence-corrected chi connectivity index (χ4v) is 3.05. The molecule has 8 heteroatoms. The highest BCUT2D eigenvalue weighted by Gasteiger charge is 2.23. The van der Waals surface area contributed by atoms with Crippen LogP contribution in [0.4, 0.5) is 0 Å². The number of nitrogens with one attached hydrogen (secondary N) is 2. The van der Waals surface area contributed by atoms with Crippen LogP contribution in [0.25, 0.3) is 6.08 Å². The van der Waals surface area contributed by atoms with E-state index in [1.807, 2.05) is 4.72 Å². The number of carbonyl (C=O) groups excluding carboxylic acids is 2. The number of amides is 2. The van der Waals surface area contributed by atoms with Crippen molar-refractivity contribution in [1.29, 1.82) is 0 Å². The third-order valence-corrected chi connectivity index (χ3v) is 5.02. The highest BCUT2D eigenvalue weighted by Crippen LogP contribution is 2.19. The fraction of sp³-hybridized carbons (Fsp3) is 0.167. The Morgan fingerprint density at radius 3 is 2.46 bits per heavy atom. The van der Waals surface area contributed by atoms with Crippen molar-refractivity contribution in [2.75, 3.05) is 0 Å². The summed E-state index contributed by atoms with van der Waals surface area (Å²) >= 11 is 0. The molecule has 1 saturated carbocycles. The molecule has 1 aromatic carbocycles. The maximum Gasteiger partial charge on any atom is 0.265 e. The van der Waals surface area contributed by atoms with Gasteiger partial charge in [-0.15, -0.1) is 0 Å². The van der Waals surface area contributed by atoms with Crippen molar-refractivity contribution >= 4 is 27.9 Å². The second kappa shape index (κ2) is 7.49. The molecule has 1 fully saturated rings. The van der Waals surface area contributed by atoms with E-state index < -0.39 is 15.9 Å². The molecule has 3 rings (SSSR count). The first-order chi connectivity index (χ1) is 12.4. The molecule has 26 heavy (non-hydrogen) atoms. The Balaban J connectivity index is 1.60. The molecule has 0 radical (unpaired) electrons. The number of carbonyl (C=O) groups is 2. The minimum Gasteiger partial charge on any atom is -0.349 e. The van der Waals surface area contributed by atoms with Gasteiger partial charge in [-0.3, -0.25) is 14.6 Å². The summed E-state index contributed by atoms with van der Waals surface area (Å²) in [6, 6.07) is 9.77. The summed E-state index contributed by atoms with van der Waals surface area (Å²) in [6.45, 7) is 0. The van der Waals surface area contributed by atoms with Crippen molar-refractivity contribution in [3.63, 3.8) is 0 Å². The lowest BCUT2D eigenvalue weighted by Gasteiger charge is -2.04. The SMILES string of the molecule is O=C(/C=C/c1ccc(C(=O)NC2CC2)cc1)NS(=O)(=O)c1cccnc1. The first-order valence-corrected chi connectivity index (χ1v) is 9.48. The molecule has 1 aromatic heterocycles. The van der Waals surface area contributed by atoms with Gasteiger partial charge >= 0.3 is 0 Å². The van der Waals surface area contributed by atoms with E-state index in [1.54, 1.807) is 24.3 Å². The van der Waals surface area contributed by atoms with E-state index in [0.29, 0.717) is 11.1 Å². The van der Waals surface area contributed by atoms with Crippen LogP contribution in [-0.4, -0.2) is 31.3 Å². The molecule has 1 aliphatic rings. The molecule has 2 amide bonds. The molecule has 0 spiro atoms. The van der Waals surface area contributed by atoms with Crippen molar-refractivity contribution in [2.45, 2.75) is 23.8 Å². The molecule has 0 aliphatic heterocycles. The van der Waals surface area contributed by atoms with Crippen molar-refractivity contribution in [1.82, 2.24) is 15.0 Å². The first-order valence-electron chi connectivity index (χ1n) is 8.00. The molecular weight excluding hydrogens is 354 g/mol. The van der Waals surface area contributed by atoms with E-state index >= 15 is 0 Å². The molecule has 1 aliphatic carbocycles. The summed E-state index contributed by atoms with van der Waals surface area (Å²) in [5.74, 6) is -0.896. The first kappa shape index (κ1) is 17.8. The highest BCUT2D eigenvalue weighted by atomic mass is 32.2. The number of benzene rings is 1. The Morgan fingerprint density at radius 2 is 1.85 bits per heavy atom. The monoisotopic (exact) mass is 371 g/mol. The number of hydrogen-bond acceptors (Lipinski definition) is 5. The summed E-state index contributed by atoms with van der Waals surface area (Å²) in [5, 5.41) is 2.89. The lowest BCUT2D eigenvalue weighted by molar-refractivity contribution is -0.114. The third kappa shape index (κ3) is 4.76. The molecule has 1 heterocycles. The van der Waals surface area contributed by atoms with E-state index in [1.165, 1.54) is 24.4 Å². The van der Waals surface area contributed by atoms with Crippen LogP contribution in [0, 0.1) is 0 Å². The van der Waals surface area contributed by atoms with Crippen LogP contribution >= 0.6 is 0 Å². The molecular formula is C18H17N3O4S. The Hall–Kier alpha value is -3.00. The second-order valence-electron chi connectivity index (χ2n) is 5.86. The Bertz CT molecular complexity index is 934. The molecule has 2 aromatic rings. The van der Waals surface area contributed by atoms with Gasteiger partial charge < -0.3 is 5.32 Å². The third-order valence-electron chi connectivity index (χ3n) is 3.69. The zero-order valence-electron chi connectivity index (χ0n) is 13.8. The largest absolute Gasteiger partial charge is 0.349 e. The van der Waals surface area contributed by atoms with Crippen molar-refractivity contribution in [3.05, 3.63) is 66.0 Å². The average Bonchev–Trinajstić information content (AvgIpc) is 3.45. The molecule has 134 valence electrons. The van der Waals surface area contributed by atoms with E-state index in [-0.39, 0.29) is 16.8 Å². The van der Waals surface area contributed by atoms with Gasteiger partial charge in [0.25, 0.3) is 21.8 Å². The predicted octanol–water partition coefficient (Wildman–Crippen LogP) is 1.49. The Morgan fingerprint density at radius 1 is 1.12 bits per heavy atom. The number of nitrogens with zero attached hydrogens (tertiary/aromatic N) is 1. The minimum absolute atomic E-state index is 0.0900. The van der Waals surface area contributed by atoms with Gasteiger partial charge in [0.15, 0.2) is 0 Å². The summed E-state index contributed by atoms with van der Waals surface area (Å²) in [4.78, 5) is 27.4.